The lowest BCUT2D eigenvalue weighted by Crippen LogP contribution is -2.00. The Morgan fingerprint density at radius 1 is 0.929 bits per heavy atom. The maximum absolute atomic E-state index is 11.2. The van der Waals surface area contributed by atoms with Gasteiger partial charge in [0.05, 0.1) is 0 Å². The minimum absolute atomic E-state index is 0.112. The highest BCUT2D eigenvalue weighted by Gasteiger charge is 2.03. The highest BCUT2D eigenvalue weighted by molar-refractivity contribution is 5.78. The zero-order chi connectivity index (χ0) is 10.8. The molecule has 0 atom stereocenters. The van der Waals surface area contributed by atoms with Crippen LogP contribution in [0.5, 0.6) is 0 Å². The Kier molecular flexibility index (Phi) is 8.19. The molecule has 0 aromatic rings. The van der Waals surface area contributed by atoms with Crippen molar-refractivity contribution in [2.24, 2.45) is 0 Å². The van der Waals surface area contributed by atoms with E-state index in [0.717, 1.165) is 12.8 Å². The lowest BCUT2D eigenvalue weighted by Gasteiger charge is -1.99. The van der Waals surface area contributed by atoms with Gasteiger partial charge in [0, 0.05) is 19.3 Å². The molecule has 0 saturated carbocycles. The SMILES string of the molecule is CCCCCCC(=O)CCCC(=O)O. The van der Waals surface area contributed by atoms with Gasteiger partial charge in [-0.1, -0.05) is 26.2 Å². The summed E-state index contributed by atoms with van der Waals surface area (Å²) < 4.78 is 0. The first-order valence-electron chi connectivity index (χ1n) is 5.40. The first-order chi connectivity index (χ1) is 6.66. The smallest absolute Gasteiger partial charge is 0.303 e. The molecule has 0 fully saturated rings. The Hall–Kier alpha value is -0.860. The molecule has 0 radical (unpaired) electrons. The third kappa shape index (κ3) is 9.23. The Morgan fingerprint density at radius 2 is 1.57 bits per heavy atom. The molecule has 0 aliphatic heterocycles. The summed E-state index contributed by atoms with van der Waals surface area (Å²) in [4.78, 5) is 21.4. The van der Waals surface area contributed by atoms with E-state index in [4.69, 9.17) is 5.11 Å². The number of aliphatic carboxylic acids is 1. The van der Waals surface area contributed by atoms with Gasteiger partial charge in [-0.15, -0.1) is 0 Å². The lowest BCUT2D eigenvalue weighted by atomic mass is 10.1. The second-order valence-corrected chi connectivity index (χ2v) is 3.60. The van der Waals surface area contributed by atoms with Gasteiger partial charge < -0.3 is 5.11 Å². The van der Waals surface area contributed by atoms with E-state index in [1.54, 1.807) is 0 Å². The van der Waals surface area contributed by atoms with E-state index >= 15 is 0 Å². The van der Waals surface area contributed by atoms with Gasteiger partial charge in [0.1, 0.15) is 5.78 Å². The number of carboxylic acids is 1. The highest BCUT2D eigenvalue weighted by atomic mass is 16.4. The lowest BCUT2D eigenvalue weighted by molar-refractivity contribution is -0.137. The maximum atomic E-state index is 11.2. The first-order valence-corrected chi connectivity index (χ1v) is 5.40. The van der Waals surface area contributed by atoms with Crippen LogP contribution in [-0.4, -0.2) is 16.9 Å². The molecule has 0 aliphatic carbocycles. The summed E-state index contributed by atoms with van der Waals surface area (Å²) in [7, 11) is 0. The summed E-state index contributed by atoms with van der Waals surface area (Å²) in [6, 6.07) is 0. The van der Waals surface area contributed by atoms with Crippen molar-refractivity contribution < 1.29 is 14.7 Å². The summed E-state index contributed by atoms with van der Waals surface area (Å²) in [5.41, 5.74) is 0. The molecule has 0 aliphatic rings. The van der Waals surface area contributed by atoms with Crippen LogP contribution in [-0.2, 0) is 9.59 Å². The summed E-state index contributed by atoms with van der Waals surface area (Å²) in [5.74, 6) is -0.605. The minimum Gasteiger partial charge on any atom is -0.481 e. The van der Waals surface area contributed by atoms with Crippen molar-refractivity contribution in [2.45, 2.75) is 58.3 Å². The van der Waals surface area contributed by atoms with Crippen LogP contribution in [0.25, 0.3) is 0 Å². The summed E-state index contributed by atoms with van der Waals surface area (Å²) >= 11 is 0. The van der Waals surface area contributed by atoms with Crippen LogP contribution in [0, 0.1) is 0 Å². The molecule has 82 valence electrons. The Bertz CT molecular complexity index is 175. The third-order valence-corrected chi connectivity index (χ3v) is 2.16. The number of carboxylic acid groups (broad SMARTS) is 1. The monoisotopic (exact) mass is 200 g/mol. The van der Waals surface area contributed by atoms with Crippen LogP contribution >= 0.6 is 0 Å². The Morgan fingerprint density at radius 3 is 2.14 bits per heavy atom. The van der Waals surface area contributed by atoms with Crippen molar-refractivity contribution >= 4 is 11.8 Å². The predicted molar refractivity (Wildman–Crippen MR) is 55.3 cm³/mol. The van der Waals surface area contributed by atoms with E-state index in [2.05, 4.69) is 6.92 Å². The topological polar surface area (TPSA) is 54.4 Å². The third-order valence-electron chi connectivity index (χ3n) is 2.16. The largest absolute Gasteiger partial charge is 0.481 e. The van der Waals surface area contributed by atoms with E-state index in [-0.39, 0.29) is 12.2 Å². The summed E-state index contributed by atoms with van der Waals surface area (Å²) in [6.07, 6.45) is 6.08. The van der Waals surface area contributed by atoms with Crippen LogP contribution in [0.15, 0.2) is 0 Å². The molecule has 0 aromatic carbocycles. The number of carbonyl (C=O) groups is 2. The van der Waals surface area contributed by atoms with Gasteiger partial charge >= 0.3 is 5.97 Å². The molecule has 0 saturated heterocycles. The molecule has 0 bridgehead atoms. The average molecular weight is 200 g/mol. The molecule has 0 amide bonds. The van der Waals surface area contributed by atoms with Crippen molar-refractivity contribution in [3.63, 3.8) is 0 Å². The molecule has 3 heteroatoms. The number of ketones is 1. The van der Waals surface area contributed by atoms with Crippen molar-refractivity contribution in [3.8, 4) is 0 Å². The van der Waals surface area contributed by atoms with E-state index < -0.39 is 5.97 Å². The molecule has 0 heterocycles. The van der Waals surface area contributed by atoms with Gasteiger partial charge in [-0.2, -0.15) is 0 Å². The fraction of sp³-hybridized carbons (Fsp3) is 0.818. The number of carbonyl (C=O) groups excluding carboxylic acids is 1. The van der Waals surface area contributed by atoms with Crippen LogP contribution in [0.2, 0.25) is 0 Å². The van der Waals surface area contributed by atoms with Crippen molar-refractivity contribution in [1.82, 2.24) is 0 Å². The zero-order valence-electron chi connectivity index (χ0n) is 8.92. The highest BCUT2D eigenvalue weighted by Crippen LogP contribution is 2.06. The fourth-order valence-corrected chi connectivity index (χ4v) is 1.31. The number of hydrogen-bond acceptors (Lipinski definition) is 2. The van der Waals surface area contributed by atoms with Crippen molar-refractivity contribution in [1.29, 1.82) is 0 Å². The molecule has 0 aromatic heterocycles. The second-order valence-electron chi connectivity index (χ2n) is 3.60. The Labute approximate surface area is 85.5 Å². The van der Waals surface area contributed by atoms with Gasteiger partial charge in [0.2, 0.25) is 0 Å². The number of Topliss-reactive ketones (excluding diaryl/α,β-unsaturated/α-hetero) is 1. The minimum atomic E-state index is -0.816. The van der Waals surface area contributed by atoms with Gasteiger partial charge in [0.25, 0.3) is 0 Å². The molecule has 1 N–H and O–H groups in total. The van der Waals surface area contributed by atoms with E-state index in [9.17, 15) is 9.59 Å². The Balaban J connectivity index is 3.24. The number of hydrogen-bond donors (Lipinski definition) is 1. The molecule has 0 unspecified atom stereocenters. The van der Waals surface area contributed by atoms with E-state index in [0.29, 0.717) is 19.3 Å². The normalized spacial score (nSPS) is 10.1. The summed E-state index contributed by atoms with van der Waals surface area (Å²) in [6.45, 7) is 2.13. The number of unbranched alkanes of at least 4 members (excludes halogenated alkanes) is 3. The van der Waals surface area contributed by atoms with Crippen LogP contribution in [0.1, 0.15) is 58.3 Å². The molecule has 14 heavy (non-hydrogen) atoms. The standard InChI is InChI=1S/C11H20O3/c1-2-3-4-5-7-10(12)8-6-9-11(13)14/h2-9H2,1H3,(H,13,14). The quantitative estimate of drug-likeness (QED) is 0.582. The molecule has 0 spiro atoms. The van der Waals surface area contributed by atoms with Crippen LogP contribution < -0.4 is 0 Å². The van der Waals surface area contributed by atoms with Gasteiger partial charge in [-0.3, -0.25) is 9.59 Å². The maximum Gasteiger partial charge on any atom is 0.303 e. The molecular formula is C11H20O3. The fourth-order valence-electron chi connectivity index (χ4n) is 1.31. The van der Waals surface area contributed by atoms with E-state index in [1.807, 2.05) is 0 Å². The molecule has 0 rings (SSSR count). The van der Waals surface area contributed by atoms with Crippen molar-refractivity contribution in [3.05, 3.63) is 0 Å². The van der Waals surface area contributed by atoms with E-state index in [1.165, 1.54) is 12.8 Å². The predicted octanol–water partition coefficient (Wildman–Crippen LogP) is 2.78. The van der Waals surface area contributed by atoms with Gasteiger partial charge in [0.15, 0.2) is 0 Å². The van der Waals surface area contributed by atoms with Crippen LogP contribution in [0.4, 0.5) is 0 Å². The van der Waals surface area contributed by atoms with Gasteiger partial charge in [-0.05, 0) is 12.8 Å². The van der Waals surface area contributed by atoms with Crippen molar-refractivity contribution in [2.75, 3.05) is 0 Å². The zero-order valence-corrected chi connectivity index (χ0v) is 8.92. The van der Waals surface area contributed by atoms with Gasteiger partial charge in [-0.25, -0.2) is 0 Å². The summed E-state index contributed by atoms with van der Waals surface area (Å²) in [5, 5.41) is 8.36. The average Bonchev–Trinajstić information content (AvgIpc) is 2.12. The molecule has 3 nitrogen and oxygen atoms in total. The second kappa shape index (κ2) is 8.73. The molecular weight excluding hydrogens is 180 g/mol. The van der Waals surface area contributed by atoms with Crippen LogP contribution in [0.3, 0.4) is 0 Å². The first kappa shape index (κ1) is 13.1. The number of rotatable bonds is 9.